The molecule has 5 nitrogen and oxygen atoms in total. The smallest absolute Gasteiger partial charge is 0.164 e. The van der Waals surface area contributed by atoms with Crippen LogP contribution in [0.25, 0.3) is 110 Å². The van der Waals surface area contributed by atoms with E-state index in [0.29, 0.717) is 17.5 Å². The molecule has 0 bridgehead atoms. The molecule has 0 fully saturated rings. The molecule has 5 heteroatoms. The molecule has 12 aromatic rings. The van der Waals surface area contributed by atoms with Gasteiger partial charge in [0.25, 0.3) is 0 Å². The minimum atomic E-state index is 0.632. The maximum Gasteiger partial charge on any atom is 0.164 e. The highest BCUT2D eigenvalue weighted by atomic mass is 15.0. The molecule has 0 N–H and O–H groups in total. The van der Waals surface area contributed by atoms with E-state index < -0.39 is 0 Å². The maximum atomic E-state index is 5.28. The summed E-state index contributed by atoms with van der Waals surface area (Å²) in [5.74, 6) is 1.91. The predicted molar refractivity (Wildman–Crippen MR) is 223 cm³/mol. The van der Waals surface area contributed by atoms with Crippen LogP contribution < -0.4 is 0 Å². The highest BCUT2D eigenvalue weighted by Crippen LogP contribution is 2.45. The third-order valence-corrected chi connectivity index (χ3v) is 11.1. The van der Waals surface area contributed by atoms with Crippen molar-refractivity contribution in [1.29, 1.82) is 0 Å². The van der Waals surface area contributed by atoms with Crippen LogP contribution in [0.2, 0.25) is 0 Å². The summed E-state index contributed by atoms with van der Waals surface area (Å²) >= 11 is 0. The van der Waals surface area contributed by atoms with Crippen LogP contribution in [0.5, 0.6) is 0 Å². The van der Waals surface area contributed by atoms with Gasteiger partial charge < -0.3 is 8.80 Å². The first kappa shape index (κ1) is 29.2. The normalized spacial score (nSPS) is 12.1. The van der Waals surface area contributed by atoms with Gasteiger partial charge in [0.05, 0.1) is 33.1 Å². The number of hydrogen-bond donors (Lipinski definition) is 0. The topological polar surface area (TPSA) is 47.5 Å². The van der Waals surface area contributed by atoms with Crippen LogP contribution >= 0.6 is 0 Å². The molecule has 0 unspecified atom stereocenters. The average Bonchev–Trinajstić information content (AvgIpc) is 3.77. The van der Waals surface area contributed by atoms with E-state index in [9.17, 15) is 0 Å². The lowest BCUT2D eigenvalue weighted by molar-refractivity contribution is 1.08. The number of benzene rings is 8. The van der Waals surface area contributed by atoms with Crippen molar-refractivity contribution < 1.29 is 0 Å². The molecule has 0 aliphatic heterocycles. The van der Waals surface area contributed by atoms with Crippen molar-refractivity contribution in [2.45, 2.75) is 0 Å². The van der Waals surface area contributed by atoms with Crippen molar-refractivity contribution in [3.63, 3.8) is 0 Å². The average molecular weight is 688 g/mol. The van der Waals surface area contributed by atoms with Crippen LogP contribution in [-0.2, 0) is 0 Å². The van der Waals surface area contributed by atoms with Gasteiger partial charge in [-0.1, -0.05) is 146 Å². The van der Waals surface area contributed by atoms with Crippen LogP contribution in [0.4, 0.5) is 0 Å². The molecular weight excluding hydrogens is 659 g/mol. The van der Waals surface area contributed by atoms with E-state index in [1.807, 2.05) is 36.4 Å². The van der Waals surface area contributed by atoms with Gasteiger partial charge in [-0.15, -0.1) is 0 Å². The zero-order chi connectivity index (χ0) is 35.3. The molecule has 54 heavy (non-hydrogen) atoms. The molecule has 0 atom stereocenters. The van der Waals surface area contributed by atoms with E-state index in [1.54, 1.807) is 0 Å². The third kappa shape index (κ3) is 4.01. The molecule has 0 aliphatic carbocycles. The standard InChI is InChI=1S/C49H29N5/c1-3-15-30(16-4-1)47-50-48(31-17-5-2-6-18-31)52-49(51-47)38-28-27-35-34-21-9-12-24-39(34)54-42-29-32-19-7-8-20-33(32)43-36-22-10-13-25-40(36)53(46(42)43)41-26-14-11-23-37(41)44(38)45(35)54/h1-29H. The zero-order valence-electron chi connectivity index (χ0n) is 29.0. The van der Waals surface area contributed by atoms with E-state index >= 15 is 0 Å². The van der Waals surface area contributed by atoms with Gasteiger partial charge in [0.2, 0.25) is 0 Å². The Morgan fingerprint density at radius 3 is 1.44 bits per heavy atom. The largest absolute Gasteiger partial charge is 0.307 e. The fourth-order valence-electron chi connectivity index (χ4n) is 8.82. The summed E-state index contributed by atoms with van der Waals surface area (Å²) in [5, 5.41) is 9.55. The van der Waals surface area contributed by atoms with Crippen molar-refractivity contribution in [3.8, 4) is 34.2 Å². The van der Waals surface area contributed by atoms with E-state index in [4.69, 9.17) is 15.0 Å². The molecule has 0 radical (unpaired) electrons. The number of para-hydroxylation sites is 3. The summed E-state index contributed by atoms with van der Waals surface area (Å²) in [4.78, 5) is 15.6. The minimum absolute atomic E-state index is 0.632. The van der Waals surface area contributed by atoms with Crippen LogP contribution in [0.3, 0.4) is 0 Å². The molecule has 0 saturated carbocycles. The summed E-state index contributed by atoms with van der Waals surface area (Å²) in [6.45, 7) is 0. The first-order chi connectivity index (χ1) is 26.8. The second kappa shape index (κ2) is 11.1. The fraction of sp³-hybridized carbons (Fsp3) is 0. The van der Waals surface area contributed by atoms with Crippen molar-refractivity contribution >= 4 is 76.2 Å². The van der Waals surface area contributed by atoms with Gasteiger partial charge in [-0.05, 0) is 41.1 Å². The Labute approximate surface area is 309 Å². The van der Waals surface area contributed by atoms with Gasteiger partial charge in [0.1, 0.15) is 0 Å². The number of nitrogens with zero attached hydrogens (tertiary/aromatic N) is 5. The third-order valence-electron chi connectivity index (χ3n) is 11.1. The van der Waals surface area contributed by atoms with Gasteiger partial charge in [-0.3, -0.25) is 0 Å². The number of aromatic nitrogens is 5. The van der Waals surface area contributed by atoms with Crippen LogP contribution in [-0.4, -0.2) is 23.8 Å². The molecule has 4 heterocycles. The lowest BCUT2D eigenvalue weighted by Gasteiger charge is -2.15. The van der Waals surface area contributed by atoms with Gasteiger partial charge in [0, 0.05) is 49.0 Å². The summed E-state index contributed by atoms with van der Waals surface area (Å²) < 4.78 is 4.99. The number of fused-ring (bicyclic) bond motifs is 12. The van der Waals surface area contributed by atoms with Gasteiger partial charge in [0.15, 0.2) is 17.5 Å². The summed E-state index contributed by atoms with van der Waals surface area (Å²) in [5.41, 5.74) is 9.75. The van der Waals surface area contributed by atoms with Gasteiger partial charge in [-0.2, -0.15) is 0 Å². The number of hydrogen-bond acceptors (Lipinski definition) is 3. The molecule has 0 spiro atoms. The monoisotopic (exact) mass is 687 g/mol. The summed E-state index contributed by atoms with van der Waals surface area (Å²) in [6.07, 6.45) is 0. The van der Waals surface area contributed by atoms with Gasteiger partial charge in [-0.25, -0.2) is 15.0 Å². The van der Waals surface area contributed by atoms with Crippen molar-refractivity contribution in [1.82, 2.24) is 23.8 Å². The SMILES string of the molecule is c1ccc(-c2nc(-c3ccccc3)nc(-c3ccc4c5ccccc5n5c6cc7ccccc7c7c8ccccc8n(c8ccccc8c3c45)c76)n2)cc1. The first-order valence-electron chi connectivity index (χ1n) is 18.3. The first-order valence-corrected chi connectivity index (χ1v) is 18.3. The van der Waals surface area contributed by atoms with E-state index in [1.165, 1.54) is 43.4 Å². The zero-order valence-corrected chi connectivity index (χ0v) is 29.0. The van der Waals surface area contributed by atoms with E-state index in [-0.39, 0.29) is 0 Å². The Hall–Kier alpha value is -7.37. The van der Waals surface area contributed by atoms with Crippen LogP contribution in [0, 0.1) is 0 Å². The highest BCUT2D eigenvalue weighted by Gasteiger charge is 2.23. The lowest BCUT2D eigenvalue weighted by Crippen LogP contribution is -2.01. The Balaban J connectivity index is 1.37. The fourth-order valence-corrected chi connectivity index (χ4v) is 8.82. The Kier molecular flexibility index (Phi) is 5.99. The van der Waals surface area contributed by atoms with Gasteiger partial charge >= 0.3 is 0 Å². The minimum Gasteiger partial charge on any atom is -0.307 e. The predicted octanol–water partition coefficient (Wildman–Crippen LogP) is 12.3. The lowest BCUT2D eigenvalue weighted by atomic mass is 10.00. The van der Waals surface area contributed by atoms with Crippen molar-refractivity contribution in [3.05, 3.63) is 176 Å². The Morgan fingerprint density at radius 1 is 0.315 bits per heavy atom. The van der Waals surface area contributed by atoms with Crippen LogP contribution in [0.1, 0.15) is 0 Å². The Bertz CT molecular complexity index is 3430. The van der Waals surface area contributed by atoms with Crippen molar-refractivity contribution in [2.24, 2.45) is 0 Å². The Morgan fingerprint density at radius 2 is 0.796 bits per heavy atom. The van der Waals surface area contributed by atoms with Crippen LogP contribution in [0.15, 0.2) is 176 Å². The molecule has 0 amide bonds. The molecule has 12 rings (SSSR count). The highest BCUT2D eigenvalue weighted by molar-refractivity contribution is 6.29. The summed E-state index contributed by atoms with van der Waals surface area (Å²) in [6, 6.07) is 62.5. The van der Waals surface area contributed by atoms with Crippen molar-refractivity contribution in [2.75, 3.05) is 0 Å². The molecule has 4 aromatic heterocycles. The molecule has 250 valence electrons. The van der Waals surface area contributed by atoms with E-state index in [0.717, 1.165) is 49.5 Å². The second-order valence-electron chi connectivity index (χ2n) is 14.0. The molecule has 8 aromatic carbocycles. The second-order valence-corrected chi connectivity index (χ2v) is 14.0. The maximum absolute atomic E-state index is 5.28. The molecular formula is C49H29N5. The van der Waals surface area contributed by atoms with E-state index in [2.05, 4.69) is 148 Å². The summed E-state index contributed by atoms with van der Waals surface area (Å²) in [7, 11) is 0. The molecule has 0 saturated heterocycles. The quantitative estimate of drug-likeness (QED) is 0.186. The molecule has 0 aliphatic rings. The number of rotatable bonds is 3.